The van der Waals surface area contributed by atoms with Crippen molar-refractivity contribution in [3.05, 3.63) is 11.6 Å². The molecule has 0 amide bonds. The van der Waals surface area contributed by atoms with E-state index in [0.717, 1.165) is 19.3 Å². The molecule has 0 aromatic carbocycles. The van der Waals surface area contributed by atoms with Gasteiger partial charge in [0.2, 0.25) is 0 Å². The summed E-state index contributed by atoms with van der Waals surface area (Å²) < 4.78 is 6.22. The van der Waals surface area contributed by atoms with Gasteiger partial charge in [-0.2, -0.15) is 0 Å². The molecule has 0 aromatic rings. The zero-order valence-corrected chi connectivity index (χ0v) is 28.3. The van der Waals surface area contributed by atoms with E-state index in [1.165, 1.54) is 70.8 Å². The van der Waals surface area contributed by atoms with Crippen molar-refractivity contribution in [3.8, 4) is 0 Å². The second-order valence-corrected chi connectivity index (χ2v) is 15.6. The van der Waals surface area contributed by atoms with Gasteiger partial charge in [-0.25, -0.2) is 0 Å². The average molecular weight is 637 g/mol. The number of carbonyl (C=O) groups excluding carboxylic acids is 2. The van der Waals surface area contributed by atoms with Crippen molar-refractivity contribution in [1.29, 1.82) is 0 Å². The largest absolute Gasteiger partial charge is 0.458 e. The zero-order chi connectivity index (χ0) is 33.4. The van der Waals surface area contributed by atoms with Crippen LogP contribution in [0.15, 0.2) is 11.6 Å². The Morgan fingerprint density at radius 3 is 1.93 bits per heavy atom. The topological polar surface area (TPSA) is 165 Å². The predicted molar refractivity (Wildman–Crippen MR) is 170 cm³/mol. The molecule has 3 saturated carbocycles. The van der Waals surface area contributed by atoms with Gasteiger partial charge in [0, 0.05) is 29.6 Å². The normalized spacial score (nSPS) is 41.5. The Balaban J connectivity index is 1.38. The van der Waals surface area contributed by atoms with E-state index in [-0.39, 0.29) is 24.4 Å². The highest BCUT2D eigenvalue weighted by atomic mass is 16.6. The fourth-order valence-corrected chi connectivity index (χ4v) is 9.65. The van der Waals surface area contributed by atoms with Gasteiger partial charge >= 0.3 is 5.97 Å². The SMILES string of the molecule is CCCCCCCCCCCCCCCC(=O)OC12CC(C)C3(O)C(C(O)C(O)(CO)C(O)C4(O)C(=O)C(C)=CC43)C1C2(C)C. The zero-order valence-electron chi connectivity index (χ0n) is 28.3. The van der Waals surface area contributed by atoms with Crippen LogP contribution < -0.4 is 0 Å². The van der Waals surface area contributed by atoms with Crippen LogP contribution in [0.5, 0.6) is 0 Å². The lowest BCUT2D eigenvalue weighted by atomic mass is 9.59. The van der Waals surface area contributed by atoms with E-state index in [0.29, 0.717) is 6.42 Å². The summed E-state index contributed by atoms with van der Waals surface area (Å²) >= 11 is 0. The maximum absolute atomic E-state index is 13.2. The van der Waals surface area contributed by atoms with Gasteiger partial charge in [0.25, 0.3) is 0 Å². The van der Waals surface area contributed by atoms with Crippen LogP contribution in [0, 0.1) is 29.1 Å². The first-order valence-electron chi connectivity index (χ1n) is 17.7. The first kappa shape index (κ1) is 36.5. The third kappa shape index (κ3) is 5.86. The fraction of sp³-hybridized carbons (Fsp3) is 0.889. The molecule has 0 aromatic heterocycles. The molecule has 10 unspecified atom stereocenters. The highest BCUT2D eigenvalue weighted by molar-refractivity contribution is 6.05. The van der Waals surface area contributed by atoms with E-state index in [2.05, 4.69) is 6.92 Å². The second-order valence-electron chi connectivity index (χ2n) is 15.6. The quantitative estimate of drug-likeness (QED) is 0.108. The minimum absolute atomic E-state index is 0.119. The lowest BCUT2D eigenvalue weighted by molar-refractivity contribution is -0.224. The molecule has 0 bridgehead atoms. The standard InChI is InChI=1S/C36H60O9/c1-6-7-8-9-10-11-12-13-14-15-16-17-18-19-26(38)45-34-21-24(3)35(43)25-20-23(2)29(39)36(25,44)31(41)33(42,22-37)30(40)27(35)28(34)32(34,4)5/h20,24-25,27-28,30-31,37,40-44H,6-19,21-22H2,1-5H3. The van der Waals surface area contributed by atoms with Crippen LogP contribution in [-0.4, -0.2) is 83.6 Å². The van der Waals surface area contributed by atoms with Crippen LogP contribution >= 0.6 is 0 Å². The Kier molecular flexibility index (Phi) is 11.1. The molecule has 258 valence electrons. The van der Waals surface area contributed by atoms with Crippen LogP contribution in [0.2, 0.25) is 0 Å². The van der Waals surface area contributed by atoms with Gasteiger partial charge in [-0.15, -0.1) is 0 Å². The maximum atomic E-state index is 13.2. The lowest BCUT2D eigenvalue weighted by Crippen LogP contribution is -2.66. The molecule has 9 heteroatoms. The number of aliphatic hydroxyl groups is 6. The summed E-state index contributed by atoms with van der Waals surface area (Å²) in [6.45, 7) is 8.03. The van der Waals surface area contributed by atoms with Gasteiger partial charge in [-0.3, -0.25) is 9.59 Å². The van der Waals surface area contributed by atoms with Gasteiger partial charge in [0.1, 0.15) is 17.3 Å². The molecule has 4 aliphatic rings. The number of hydrogen-bond acceptors (Lipinski definition) is 9. The fourth-order valence-electron chi connectivity index (χ4n) is 9.65. The third-order valence-electron chi connectivity index (χ3n) is 12.5. The molecule has 9 nitrogen and oxygen atoms in total. The molecular weight excluding hydrogens is 576 g/mol. The number of aliphatic hydroxyl groups excluding tert-OH is 3. The van der Waals surface area contributed by atoms with Crippen LogP contribution in [0.25, 0.3) is 0 Å². The Morgan fingerprint density at radius 1 is 0.911 bits per heavy atom. The first-order valence-corrected chi connectivity index (χ1v) is 17.7. The molecule has 4 aliphatic carbocycles. The van der Waals surface area contributed by atoms with Gasteiger partial charge in [0.15, 0.2) is 11.4 Å². The van der Waals surface area contributed by atoms with Crippen molar-refractivity contribution in [2.45, 2.75) is 166 Å². The summed E-state index contributed by atoms with van der Waals surface area (Å²) in [7, 11) is 0. The Bertz CT molecular complexity index is 1100. The molecule has 10 atom stereocenters. The molecule has 0 radical (unpaired) electrons. The second kappa shape index (κ2) is 13.6. The summed E-state index contributed by atoms with van der Waals surface area (Å²) in [5, 5.41) is 68.9. The number of ether oxygens (including phenoxy) is 1. The van der Waals surface area contributed by atoms with Crippen LogP contribution in [0.3, 0.4) is 0 Å². The van der Waals surface area contributed by atoms with Gasteiger partial charge in [-0.05, 0) is 31.3 Å². The molecule has 4 rings (SSSR count). The summed E-state index contributed by atoms with van der Waals surface area (Å²) in [6, 6.07) is 0. The molecule has 0 heterocycles. The summed E-state index contributed by atoms with van der Waals surface area (Å²) in [5.41, 5.74) is -8.97. The number of Topliss-reactive ketones (excluding diaryl/α,β-unsaturated/α-hetero) is 1. The molecule has 0 saturated heterocycles. The van der Waals surface area contributed by atoms with Crippen LogP contribution in [0.4, 0.5) is 0 Å². The molecule has 6 N–H and O–H groups in total. The molecule has 45 heavy (non-hydrogen) atoms. The van der Waals surface area contributed by atoms with Crippen molar-refractivity contribution >= 4 is 11.8 Å². The molecule has 0 aliphatic heterocycles. The van der Waals surface area contributed by atoms with Crippen LogP contribution in [0.1, 0.15) is 131 Å². The molecule has 3 fully saturated rings. The van der Waals surface area contributed by atoms with Gasteiger partial charge in [0.05, 0.1) is 18.3 Å². The summed E-state index contributed by atoms with van der Waals surface area (Å²) in [4.78, 5) is 26.4. The summed E-state index contributed by atoms with van der Waals surface area (Å²) in [5.74, 6) is -5.15. The Labute approximate surface area is 269 Å². The monoisotopic (exact) mass is 636 g/mol. The molecular formula is C36H60O9. The number of rotatable bonds is 16. The van der Waals surface area contributed by atoms with Crippen molar-refractivity contribution in [3.63, 3.8) is 0 Å². The van der Waals surface area contributed by atoms with E-state index in [4.69, 9.17) is 4.74 Å². The number of unbranched alkanes of at least 4 members (excludes halogenated alkanes) is 12. The van der Waals surface area contributed by atoms with Crippen molar-refractivity contribution < 1.29 is 45.0 Å². The highest BCUT2D eigenvalue weighted by Crippen LogP contribution is 2.77. The van der Waals surface area contributed by atoms with Crippen molar-refractivity contribution in [2.24, 2.45) is 29.1 Å². The number of ketones is 1. The molecule has 0 spiro atoms. The van der Waals surface area contributed by atoms with E-state index < -0.39 is 76.1 Å². The van der Waals surface area contributed by atoms with E-state index in [1.54, 1.807) is 6.92 Å². The Hall–Kier alpha value is -1.36. The maximum Gasteiger partial charge on any atom is 0.306 e. The smallest absolute Gasteiger partial charge is 0.306 e. The minimum Gasteiger partial charge on any atom is -0.458 e. The number of esters is 1. The van der Waals surface area contributed by atoms with Crippen molar-refractivity contribution in [1.82, 2.24) is 0 Å². The third-order valence-corrected chi connectivity index (χ3v) is 12.5. The lowest BCUT2D eigenvalue weighted by Gasteiger charge is -2.51. The average Bonchev–Trinajstić information content (AvgIpc) is 3.36. The van der Waals surface area contributed by atoms with Gasteiger partial charge in [-0.1, -0.05) is 111 Å². The van der Waals surface area contributed by atoms with E-state index in [9.17, 15) is 40.2 Å². The van der Waals surface area contributed by atoms with Crippen LogP contribution in [-0.2, 0) is 14.3 Å². The number of hydrogen-bond donors (Lipinski definition) is 6. The minimum atomic E-state index is -2.71. The van der Waals surface area contributed by atoms with E-state index >= 15 is 0 Å². The Morgan fingerprint density at radius 2 is 1.42 bits per heavy atom. The predicted octanol–water partition coefficient (Wildman–Crippen LogP) is 4.13. The first-order chi connectivity index (χ1) is 21.1. The van der Waals surface area contributed by atoms with Crippen molar-refractivity contribution in [2.75, 3.05) is 6.61 Å². The summed E-state index contributed by atoms with van der Waals surface area (Å²) in [6.07, 6.45) is 13.3. The van der Waals surface area contributed by atoms with Gasteiger partial charge < -0.3 is 35.4 Å². The number of fused-ring (bicyclic) bond motifs is 5. The number of carbonyl (C=O) groups is 2. The highest BCUT2D eigenvalue weighted by Gasteiger charge is 2.86. The van der Waals surface area contributed by atoms with E-state index in [1.807, 2.05) is 13.8 Å².